The number of nitrogens with one attached hydrogen (secondary N) is 3. The summed E-state index contributed by atoms with van der Waals surface area (Å²) in [5, 5.41) is 2.34. The number of halogens is 2. The molecule has 7 nitrogen and oxygen atoms in total. The summed E-state index contributed by atoms with van der Waals surface area (Å²) in [6.07, 6.45) is 0. The van der Waals surface area contributed by atoms with Crippen molar-refractivity contribution < 1.29 is 18.5 Å². The molecule has 0 spiro atoms. The molecule has 116 valence electrons. The molecule has 0 saturated heterocycles. The third-order valence-electron chi connectivity index (χ3n) is 2.56. The highest BCUT2D eigenvalue weighted by atomic mass is 19.1. The fourth-order valence-electron chi connectivity index (χ4n) is 1.70. The van der Waals surface area contributed by atoms with Crippen LogP contribution in [0.3, 0.4) is 0 Å². The monoisotopic (exact) mass is 310 g/mol. The van der Waals surface area contributed by atoms with Crippen molar-refractivity contribution in [2.45, 2.75) is 6.61 Å². The predicted octanol–water partition coefficient (Wildman–Crippen LogP) is -0.667. The average molecular weight is 310 g/mol. The van der Waals surface area contributed by atoms with Crippen LogP contribution in [-0.2, 0) is 11.3 Å². The van der Waals surface area contributed by atoms with Gasteiger partial charge in [-0.05, 0) is 12.1 Å². The Labute approximate surface area is 123 Å². The Morgan fingerprint density at radius 3 is 2.77 bits per heavy atom. The Morgan fingerprint density at radius 1 is 1.45 bits per heavy atom. The first kappa shape index (κ1) is 15.6. The molecule has 1 aromatic carbocycles. The lowest BCUT2D eigenvalue weighted by molar-refractivity contribution is -0.365. The predicted molar refractivity (Wildman–Crippen MR) is 75.4 cm³/mol. The number of nitrogens with zero attached hydrogens (tertiary/aromatic N) is 1. The number of ether oxygens (including phenoxy) is 1. The van der Waals surface area contributed by atoms with Crippen molar-refractivity contribution in [1.82, 2.24) is 9.97 Å². The first-order valence-corrected chi connectivity index (χ1v) is 6.19. The zero-order chi connectivity index (χ0) is 16.1. The SMILES string of the molecule is COCc1cc(=O)[nH]c([NH+]=C(N)Nc2c(F)cccc2F)n1. The number of rotatable bonds is 4. The summed E-state index contributed by atoms with van der Waals surface area (Å²) in [5.41, 5.74) is 5.16. The molecule has 22 heavy (non-hydrogen) atoms. The number of aromatic amines is 1. The van der Waals surface area contributed by atoms with Gasteiger partial charge in [-0.3, -0.25) is 10.1 Å². The summed E-state index contributed by atoms with van der Waals surface area (Å²) in [6.45, 7) is 0.133. The maximum absolute atomic E-state index is 13.5. The third-order valence-corrected chi connectivity index (χ3v) is 2.56. The molecular weight excluding hydrogens is 296 g/mol. The van der Waals surface area contributed by atoms with Crippen LogP contribution in [0.4, 0.5) is 20.4 Å². The standard InChI is InChI=1S/C13H13F2N5O2/c1-22-6-7-5-10(21)18-13(17-7)20-12(16)19-11-8(14)3-2-4-9(11)15/h2-5H,6H2,1H3,(H4,16,17,18,19,20,21)/p+1. The fourth-order valence-corrected chi connectivity index (χ4v) is 1.70. The van der Waals surface area contributed by atoms with Crippen molar-refractivity contribution in [1.29, 1.82) is 0 Å². The van der Waals surface area contributed by atoms with Gasteiger partial charge in [0.15, 0.2) is 11.6 Å². The minimum absolute atomic E-state index is 0.0151. The van der Waals surface area contributed by atoms with Gasteiger partial charge in [0.25, 0.3) is 11.5 Å². The molecule has 0 bridgehead atoms. The fraction of sp³-hybridized carbons (Fsp3) is 0.154. The summed E-state index contributed by atoms with van der Waals surface area (Å²) < 4.78 is 31.9. The van der Waals surface area contributed by atoms with Gasteiger partial charge >= 0.3 is 5.95 Å². The summed E-state index contributed by atoms with van der Waals surface area (Å²) in [5.74, 6) is -1.80. The maximum Gasteiger partial charge on any atom is 0.325 e. The summed E-state index contributed by atoms with van der Waals surface area (Å²) in [4.78, 5) is 20.4. The van der Waals surface area contributed by atoms with E-state index in [2.05, 4.69) is 20.3 Å². The minimum Gasteiger partial charge on any atom is -0.377 e. The Kier molecular flexibility index (Phi) is 4.79. The van der Waals surface area contributed by atoms with E-state index in [0.29, 0.717) is 5.69 Å². The number of H-pyrrole nitrogens is 1. The lowest BCUT2D eigenvalue weighted by Gasteiger charge is -2.04. The van der Waals surface area contributed by atoms with Crippen molar-refractivity contribution in [3.63, 3.8) is 0 Å². The number of nitrogens with two attached hydrogens (primary N) is 1. The third kappa shape index (κ3) is 3.85. The zero-order valence-electron chi connectivity index (χ0n) is 11.6. The van der Waals surface area contributed by atoms with E-state index in [0.717, 1.165) is 12.1 Å². The first-order valence-electron chi connectivity index (χ1n) is 6.19. The molecule has 1 heterocycles. The van der Waals surface area contributed by atoms with Gasteiger partial charge < -0.3 is 10.5 Å². The van der Waals surface area contributed by atoms with E-state index >= 15 is 0 Å². The summed E-state index contributed by atoms with van der Waals surface area (Å²) >= 11 is 0. The molecule has 0 unspecified atom stereocenters. The number of hydrogen-bond donors (Lipinski definition) is 4. The molecule has 5 N–H and O–H groups in total. The Morgan fingerprint density at radius 2 is 2.14 bits per heavy atom. The molecule has 1 aromatic heterocycles. The molecule has 2 aromatic rings. The van der Waals surface area contributed by atoms with Gasteiger partial charge in [-0.2, -0.15) is 0 Å². The van der Waals surface area contributed by atoms with E-state index in [1.807, 2.05) is 0 Å². The number of benzene rings is 1. The molecule has 0 aliphatic carbocycles. The van der Waals surface area contributed by atoms with Crippen molar-refractivity contribution in [3.8, 4) is 0 Å². The number of methoxy groups -OCH3 is 1. The molecule has 9 heteroatoms. The molecule has 0 radical (unpaired) electrons. The van der Waals surface area contributed by atoms with Gasteiger partial charge in [-0.25, -0.2) is 18.8 Å². The highest BCUT2D eigenvalue weighted by Gasteiger charge is 2.12. The van der Waals surface area contributed by atoms with Gasteiger partial charge in [-0.1, -0.05) is 6.07 Å². The van der Waals surface area contributed by atoms with Crippen molar-refractivity contribution in [2.75, 3.05) is 12.4 Å². The lowest BCUT2D eigenvalue weighted by Crippen LogP contribution is -2.73. The number of hydrogen-bond acceptors (Lipinski definition) is 3. The van der Waals surface area contributed by atoms with Gasteiger partial charge in [0.1, 0.15) is 11.4 Å². The highest BCUT2D eigenvalue weighted by molar-refractivity contribution is 5.88. The Hall–Kier alpha value is -2.81. The van der Waals surface area contributed by atoms with E-state index in [1.165, 1.54) is 19.2 Å². The minimum atomic E-state index is -0.806. The topological polar surface area (TPSA) is 107 Å². The second-order valence-electron chi connectivity index (χ2n) is 4.28. The molecule has 0 atom stereocenters. The van der Waals surface area contributed by atoms with E-state index in [-0.39, 0.29) is 18.5 Å². The van der Waals surface area contributed by atoms with Gasteiger partial charge in [-0.15, -0.1) is 4.98 Å². The van der Waals surface area contributed by atoms with Gasteiger partial charge in [0.05, 0.1) is 6.61 Å². The quantitative estimate of drug-likeness (QED) is 0.443. The molecular formula is C13H14F2N5O2+. The summed E-state index contributed by atoms with van der Waals surface area (Å²) in [6, 6.07) is 4.65. The molecule has 0 amide bonds. The second kappa shape index (κ2) is 6.76. The number of guanidine groups is 1. The van der Waals surface area contributed by atoms with Crippen LogP contribution in [0, 0.1) is 11.6 Å². The van der Waals surface area contributed by atoms with Crippen molar-refractivity contribution >= 4 is 17.6 Å². The molecule has 0 aliphatic rings. The second-order valence-corrected chi connectivity index (χ2v) is 4.28. The van der Waals surface area contributed by atoms with Crippen LogP contribution in [0.1, 0.15) is 5.69 Å². The summed E-state index contributed by atoms with van der Waals surface area (Å²) in [7, 11) is 1.46. The van der Waals surface area contributed by atoms with Gasteiger partial charge in [0.2, 0.25) is 0 Å². The van der Waals surface area contributed by atoms with Crippen LogP contribution in [0.15, 0.2) is 29.1 Å². The number of para-hydroxylation sites is 1. The van der Waals surface area contributed by atoms with Crippen LogP contribution in [0.5, 0.6) is 0 Å². The van der Waals surface area contributed by atoms with Gasteiger partial charge in [0, 0.05) is 13.2 Å². The smallest absolute Gasteiger partial charge is 0.325 e. The van der Waals surface area contributed by atoms with Crippen molar-refractivity contribution in [2.24, 2.45) is 5.73 Å². The van der Waals surface area contributed by atoms with Crippen LogP contribution >= 0.6 is 0 Å². The van der Waals surface area contributed by atoms with E-state index in [1.54, 1.807) is 0 Å². The lowest BCUT2D eigenvalue weighted by atomic mass is 10.3. The Bertz CT molecular complexity index is 740. The number of aromatic nitrogens is 2. The Balaban J connectivity index is 2.27. The zero-order valence-corrected chi connectivity index (χ0v) is 11.6. The molecule has 0 aliphatic heterocycles. The normalized spacial score (nSPS) is 11.5. The van der Waals surface area contributed by atoms with Crippen LogP contribution < -0.4 is 21.6 Å². The average Bonchev–Trinajstić information content (AvgIpc) is 2.43. The maximum atomic E-state index is 13.5. The van der Waals surface area contributed by atoms with E-state index in [9.17, 15) is 13.6 Å². The van der Waals surface area contributed by atoms with E-state index in [4.69, 9.17) is 10.5 Å². The molecule has 0 saturated carbocycles. The van der Waals surface area contributed by atoms with E-state index < -0.39 is 22.9 Å². The van der Waals surface area contributed by atoms with Crippen LogP contribution in [0.2, 0.25) is 0 Å². The first-order chi connectivity index (χ1) is 10.5. The van der Waals surface area contributed by atoms with Crippen LogP contribution in [0.25, 0.3) is 0 Å². The largest absolute Gasteiger partial charge is 0.377 e. The van der Waals surface area contributed by atoms with Crippen LogP contribution in [-0.4, -0.2) is 23.0 Å². The molecule has 0 fully saturated rings. The molecule has 2 rings (SSSR count). The highest BCUT2D eigenvalue weighted by Crippen LogP contribution is 2.16. The van der Waals surface area contributed by atoms with Crippen molar-refractivity contribution in [3.05, 3.63) is 51.9 Å². The number of anilines is 1.